The zero-order valence-corrected chi connectivity index (χ0v) is 9.26. The highest BCUT2D eigenvalue weighted by Crippen LogP contribution is 2.31. The van der Waals surface area contributed by atoms with Gasteiger partial charge in [0, 0.05) is 5.92 Å². The zero-order chi connectivity index (χ0) is 10.9. The Bertz CT molecular complexity index is 347. The Morgan fingerprint density at radius 2 is 2.07 bits per heavy atom. The first-order chi connectivity index (χ1) is 6.43. The van der Waals surface area contributed by atoms with Crippen LogP contribution in [0.4, 0.5) is 5.00 Å². The number of hydrogen-bond acceptors (Lipinski definition) is 4. The van der Waals surface area contributed by atoms with Gasteiger partial charge < -0.3 is 10.8 Å². The van der Waals surface area contributed by atoms with Crippen molar-refractivity contribution in [2.24, 2.45) is 5.92 Å². The molecule has 1 unspecified atom stereocenters. The molecule has 1 atom stereocenters. The zero-order valence-electron chi connectivity index (χ0n) is 8.44. The van der Waals surface area contributed by atoms with Crippen molar-refractivity contribution in [2.75, 3.05) is 5.73 Å². The lowest BCUT2D eigenvalue weighted by Gasteiger charge is -2.11. The van der Waals surface area contributed by atoms with E-state index >= 15 is 0 Å². The van der Waals surface area contributed by atoms with E-state index in [0.717, 1.165) is 5.01 Å². The predicted octanol–water partition coefficient (Wildman–Crippen LogP) is 2.18. The summed E-state index contributed by atoms with van der Waals surface area (Å²) >= 11 is 1.26. The highest BCUT2D eigenvalue weighted by atomic mass is 32.1. The summed E-state index contributed by atoms with van der Waals surface area (Å²) in [6, 6.07) is 0. The van der Waals surface area contributed by atoms with Gasteiger partial charge in [-0.15, -0.1) is 11.3 Å². The van der Waals surface area contributed by atoms with Crippen molar-refractivity contribution < 1.29 is 9.90 Å². The third kappa shape index (κ3) is 2.04. The highest BCUT2D eigenvalue weighted by Gasteiger charge is 2.20. The summed E-state index contributed by atoms with van der Waals surface area (Å²) in [5, 5.41) is 9.86. The van der Waals surface area contributed by atoms with E-state index in [4.69, 9.17) is 10.8 Å². The maximum absolute atomic E-state index is 10.7. The van der Waals surface area contributed by atoms with Gasteiger partial charge in [-0.2, -0.15) is 0 Å². The first kappa shape index (κ1) is 11.0. The molecule has 0 amide bonds. The van der Waals surface area contributed by atoms with Crippen molar-refractivity contribution in [3.05, 3.63) is 10.7 Å². The van der Waals surface area contributed by atoms with Crippen LogP contribution in [0.2, 0.25) is 0 Å². The average Bonchev–Trinajstić information content (AvgIpc) is 2.45. The Balaban J connectivity index is 3.02. The quantitative estimate of drug-likeness (QED) is 0.808. The number of thiazole rings is 1. The molecular weight excluding hydrogens is 200 g/mol. The molecule has 0 aromatic carbocycles. The Morgan fingerprint density at radius 3 is 2.43 bits per heavy atom. The maximum Gasteiger partial charge on any atom is 0.357 e. The summed E-state index contributed by atoms with van der Waals surface area (Å²) in [6.45, 7) is 6.17. The monoisotopic (exact) mass is 214 g/mol. The van der Waals surface area contributed by atoms with Gasteiger partial charge in [0.05, 0.1) is 5.01 Å². The molecule has 5 heteroatoms. The van der Waals surface area contributed by atoms with Crippen molar-refractivity contribution in [1.29, 1.82) is 0 Å². The van der Waals surface area contributed by atoms with Crippen LogP contribution in [-0.2, 0) is 0 Å². The summed E-state index contributed by atoms with van der Waals surface area (Å²) in [6.07, 6.45) is 0. The van der Waals surface area contributed by atoms with E-state index in [1.54, 1.807) is 0 Å². The molecule has 0 bridgehead atoms. The lowest BCUT2D eigenvalue weighted by Crippen LogP contribution is -2.04. The molecule has 0 aliphatic carbocycles. The largest absolute Gasteiger partial charge is 0.476 e. The van der Waals surface area contributed by atoms with Gasteiger partial charge in [-0.25, -0.2) is 9.78 Å². The van der Waals surface area contributed by atoms with Crippen LogP contribution < -0.4 is 5.73 Å². The molecule has 0 aliphatic heterocycles. The van der Waals surface area contributed by atoms with E-state index in [2.05, 4.69) is 18.8 Å². The molecule has 0 aliphatic rings. The molecule has 0 saturated carbocycles. The van der Waals surface area contributed by atoms with Crippen LogP contribution in [0.5, 0.6) is 0 Å². The Kier molecular flexibility index (Phi) is 3.10. The van der Waals surface area contributed by atoms with Gasteiger partial charge in [0.1, 0.15) is 5.00 Å². The average molecular weight is 214 g/mol. The van der Waals surface area contributed by atoms with Crippen molar-refractivity contribution in [1.82, 2.24) is 4.98 Å². The number of carboxylic acid groups (broad SMARTS) is 1. The van der Waals surface area contributed by atoms with Crippen LogP contribution in [0.3, 0.4) is 0 Å². The van der Waals surface area contributed by atoms with Crippen LogP contribution in [-0.4, -0.2) is 16.1 Å². The van der Waals surface area contributed by atoms with Crippen LogP contribution in [0, 0.1) is 5.92 Å². The third-order valence-corrected chi connectivity index (χ3v) is 3.35. The van der Waals surface area contributed by atoms with Gasteiger partial charge in [0.2, 0.25) is 0 Å². The first-order valence-corrected chi connectivity index (χ1v) is 5.24. The highest BCUT2D eigenvalue weighted by molar-refractivity contribution is 7.16. The number of aromatic carboxylic acids is 1. The maximum atomic E-state index is 10.7. The van der Waals surface area contributed by atoms with Crippen molar-refractivity contribution in [3.8, 4) is 0 Å². The molecule has 1 rings (SSSR count). The minimum Gasteiger partial charge on any atom is -0.476 e. The van der Waals surface area contributed by atoms with Crippen molar-refractivity contribution in [2.45, 2.75) is 26.7 Å². The molecular formula is C9H14N2O2S. The lowest BCUT2D eigenvalue weighted by molar-refractivity contribution is 0.0692. The Hall–Kier alpha value is -1.10. The fourth-order valence-corrected chi connectivity index (χ4v) is 2.03. The van der Waals surface area contributed by atoms with E-state index in [1.807, 2.05) is 6.92 Å². The van der Waals surface area contributed by atoms with E-state index < -0.39 is 5.97 Å². The number of nitrogens with zero attached hydrogens (tertiary/aromatic N) is 1. The SMILES string of the molecule is CC(C)C(C)c1nc(C(=O)O)c(N)s1. The number of hydrogen-bond donors (Lipinski definition) is 2. The smallest absolute Gasteiger partial charge is 0.357 e. The molecule has 78 valence electrons. The van der Waals surface area contributed by atoms with Crippen molar-refractivity contribution >= 4 is 22.3 Å². The Morgan fingerprint density at radius 1 is 1.50 bits per heavy atom. The number of nitrogen functional groups attached to an aromatic ring is 1. The number of aromatic nitrogens is 1. The lowest BCUT2D eigenvalue weighted by atomic mass is 9.99. The van der Waals surface area contributed by atoms with E-state index in [9.17, 15) is 4.79 Å². The summed E-state index contributed by atoms with van der Waals surface area (Å²) in [5.74, 6) is -0.376. The summed E-state index contributed by atoms with van der Waals surface area (Å²) in [5.41, 5.74) is 5.54. The fraction of sp³-hybridized carbons (Fsp3) is 0.556. The molecule has 3 N–H and O–H groups in total. The van der Waals surface area contributed by atoms with Gasteiger partial charge >= 0.3 is 5.97 Å². The number of carbonyl (C=O) groups is 1. The minimum absolute atomic E-state index is 0.0162. The van der Waals surface area contributed by atoms with E-state index in [-0.39, 0.29) is 11.6 Å². The second kappa shape index (κ2) is 3.96. The van der Waals surface area contributed by atoms with E-state index in [1.165, 1.54) is 11.3 Å². The molecule has 1 aromatic heterocycles. The van der Waals surface area contributed by atoms with Crippen LogP contribution >= 0.6 is 11.3 Å². The molecule has 4 nitrogen and oxygen atoms in total. The molecule has 14 heavy (non-hydrogen) atoms. The molecule has 1 aromatic rings. The third-order valence-electron chi connectivity index (χ3n) is 2.26. The molecule has 0 spiro atoms. The molecule has 0 saturated heterocycles. The topological polar surface area (TPSA) is 76.2 Å². The second-order valence-corrected chi connectivity index (χ2v) is 4.67. The van der Waals surface area contributed by atoms with Crippen LogP contribution in [0.1, 0.15) is 42.2 Å². The normalized spacial score (nSPS) is 13.1. The minimum atomic E-state index is -1.05. The van der Waals surface area contributed by atoms with Gasteiger partial charge in [-0.05, 0) is 5.92 Å². The van der Waals surface area contributed by atoms with Gasteiger partial charge in [-0.3, -0.25) is 0 Å². The van der Waals surface area contributed by atoms with Crippen LogP contribution in [0.25, 0.3) is 0 Å². The number of anilines is 1. The summed E-state index contributed by atoms with van der Waals surface area (Å²) in [7, 11) is 0. The van der Waals surface area contributed by atoms with Gasteiger partial charge in [0.25, 0.3) is 0 Å². The molecule has 0 radical (unpaired) electrons. The summed E-state index contributed by atoms with van der Waals surface area (Å²) in [4.78, 5) is 14.7. The number of nitrogens with two attached hydrogens (primary N) is 1. The standard InChI is InChI=1S/C9H14N2O2S/c1-4(2)5(3)8-11-6(9(12)13)7(10)14-8/h4-5H,10H2,1-3H3,(H,12,13). The van der Waals surface area contributed by atoms with Crippen LogP contribution in [0.15, 0.2) is 0 Å². The second-order valence-electron chi connectivity index (χ2n) is 3.60. The number of carboxylic acids is 1. The summed E-state index contributed by atoms with van der Waals surface area (Å²) < 4.78 is 0. The van der Waals surface area contributed by atoms with Crippen molar-refractivity contribution in [3.63, 3.8) is 0 Å². The molecule has 0 fully saturated rings. The first-order valence-electron chi connectivity index (χ1n) is 4.43. The predicted molar refractivity (Wildman–Crippen MR) is 56.7 cm³/mol. The van der Waals surface area contributed by atoms with Gasteiger partial charge in [0.15, 0.2) is 5.69 Å². The van der Waals surface area contributed by atoms with E-state index in [0.29, 0.717) is 10.9 Å². The van der Waals surface area contributed by atoms with Gasteiger partial charge in [-0.1, -0.05) is 20.8 Å². The Labute approximate surface area is 86.8 Å². The molecule has 1 heterocycles. The fourth-order valence-electron chi connectivity index (χ4n) is 0.982. The number of rotatable bonds is 3.